The Balaban J connectivity index is 1.45. The molecular weight excluding hydrogens is 418 g/mol. The molecule has 32 heavy (non-hydrogen) atoms. The molecule has 1 aliphatic rings. The molecule has 5 nitrogen and oxygen atoms in total. The van der Waals surface area contributed by atoms with Crippen molar-refractivity contribution in [2.24, 2.45) is 0 Å². The van der Waals surface area contributed by atoms with E-state index >= 15 is 0 Å². The molecule has 2 aromatic heterocycles. The van der Waals surface area contributed by atoms with Gasteiger partial charge in [0.05, 0.1) is 17.6 Å². The second kappa shape index (κ2) is 9.09. The van der Waals surface area contributed by atoms with Gasteiger partial charge in [-0.15, -0.1) is 11.3 Å². The van der Waals surface area contributed by atoms with Crippen LogP contribution in [0.2, 0.25) is 0 Å². The third-order valence-electron chi connectivity index (χ3n) is 5.85. The van der Waals surface area contributed by atoms with Crippen molar-refractivity contribution >= 4 is 39.0 Å². The minimum absolute atomic E-state index is 0.296. The highest BCUT2D eigenvalue weighted by atomic mass is 32.1. The van der Waals surface area contributed by atoms with Crippen LogP contribution in [0.1, 0.15) is 47.7 Å². The number of rotatable bonds is 6. The second-order valence-corrected chi connectivity index (χ2v) is 8.94. The van der Waals surface area contributed by atoms with Gasteiger partial charge in [-0.3, -0.25) is 0 Å². The molecule has 162 valence electrons. The van der Waals surface area contributed by atoms with Crippen LogP contribution >= 0.6 is 11.3 Å². The highest BCUT2D eigenvalue weighted by molar-refractivity contribution is 7.17. The van der Waals surface area contributed by atoms with Gasteiger partial charge in [0, 0.05) is 16.6 Å². The van der Waals surface area contributed by atoms with E-state index in [1.54, 1.807) is 29.8 Å². The summed E-state index contributed by atoms with van der Waals surface area (Å²) in [6.07, 6.45) is 7.28. The number of esters is 1. The van der Waals surface area contributed by atoms with Gasteiger partial charge in [0.25, 0.3) is 0 Å². The quantitative estimate of drug-likeness (QED) is 0.342. The van der Waals surface area contributed by atoms with Crippen LogP contribution in [-0.4, -0.2) is 22.5 Å². The van der Waals surface area contributed by atoms with E-state index < -0.39 is 0 Å². The summed E-state index contributed by atoms with van der Waals surface area (Å²) in [6, 6.07) is 14.1. The molecule has 0 unspecified atom stereocenters. The molecule has 0 fully saturated rings. The summed E-state index contributed by atoms with van der Waals surface area (Å²) in [6.45, 7) is 2.41. The first-order chi connectivity index (χ1) is 15.7. The first kappa shape index (κ1) is 20.6. The molecule has 0 saturated heterocycles. The van der Waals surface area contributed by atoms with E-state index in [0.717, 1.165) is 40.1 Å². The highest BCUT2D eigenvalue weighted by Crippen LogP contribution is 2.38. The molecule has 0 bridgehead atoms. The van der Waals surface area contributed by atoms with E-state index in [2.05, 4.69) is 38.9 Å². The average Bonchev–Trinajstić information content (AvgIpc) is 3.28. The summed E-state index contributed by atoms with van der Waals surface area (Å²) in [5, 5.41) is 6.61. The third kappa shape index (κ3) is 4.10. The van der Waals surface area contributed by atoms with Crippen molar-refractivity contribution < 1.29 is 9.53 Å². The molecule has 1 N–H and O–H groups in total. The Bertz CT molecular complexity index is 1260. The minimum atomic E-state index is -0.296. The lowest BCUT2D eigenvalue weighted by molar-refractivity contribution is 0.0505. The number of anilines is 2. The topological polar surface area (TPSA) is 64.1 Å². The van der Waals surface area contributed by atoms with Gasteiger partial charge in [-0.1, -0.05) is 25.1 Å². The molecule has 0 atom stereocenters. The Labute approximate surface area is 191 Å². The van der Waals surface area contributed by atoms with Crippen LogP contribution in [0.3, 0.4) is 0 Å². The lowest BCUT2D eigenvalue weighted by Crippen LogP contribution is -2.05. The van der Waals surface area contributed by atoms with E-state index in [9.17, 15) is 4.79 Å². The standard InChI is InChI=1S/C26H25N3O2S/c1-2-13-31-26(30)18-9-11-21(12-10-18)29-24-23-22(15-32-25(23)28-16-27-24)20-8-7-17-5-3-4-6-19(17)14-20/h7-12,14-16H,2-6,13H2,1H3,(H,27,28,29). The normalized spacial score (nSPS) is 13.0. The Morgan fingerprint density at radius 1 is 1.06 bits per heavy atom. The van der Waals surface area contributed by atoms with Gasteiger partial charge in [-0.25, -0.2) is 14.8 Å². The predicted molar refractivity (Wildman–Crippen MR) is 130 cm³/mol. The maximum atomic E-state index is 12.1. The number of carbonyl (C=O) groups is 1. The summed E-state index contributed by atoms with van der Waals surface area (Å²) in [5.41, 5.74) is 6.71. The Morgan fingerprint density at radius 3 is 2.69 bits per heavy atom. The van der Waals surface area contributed by atoms with Crippen LogP contribution in [0.4, 0.5) is 11.5 Å². The van der Waals surface area contributed by atoms with Gasteiger partial charge in [0.1, 0.15) is 17.0 Å². The SMILES string of the molecule is CCCOC(=O)c1ccc(Nc2ncnc3scc(-c4ccc5c(c4)CCCC5)c23)cc1. The van der Waals surface area contributed by atoms with Crippen molar-refractivity contribution in [2.45, 2.75) is 39.0 Å². The van der Waals surface area contributed by atoms with Crippen molar-refractivity contribution in [1.29, 1.82) is 0 Å². The molecule has 2 heterocycles. The van der Waals surface area contributed by atoms with Crippen molar-refractivity contribution in [2.75, 3.05) is 11.9 Å². The second-order valence-electron chi connectivity index (χ2n) is 8.08. The van der Waals surface area contributed by atoms with Crippen LogP contribution in [-0.2, 0) is 17.6 Å². The number of nitrogens with zero attached hydrogens (tertiary/aromatic N) is 2. The molecule has 2 aromatic carbocycles. The van der Waals surface area contributed by atoms with Crippen LogP contribution in [0.15, 0.2) is 54.2 Å². The van der Waals surface area contributed by atoms with E-state index in [1.807, 2.05) is 19.1 Å². The maximum absolute atomic E-state index is 12.1. The number of fused-ring (bicyclic) bond motifs is 2. The number of nitrogens with one attached hydrogen (secondary N) is 1. The Hall–Kier alpha value is -3.25. The smallest absolute Gasteiger partial charge is 0.338 e. The van der Waals surface area contributed by atoms with Crippen LogP contribution in [0.25, 0.3) is 21.3 Å². The van der Waals surface area contributed by atoms with Crippen LogP contribution in [0, 0.1) is 0 Å². The number of aryl methyl sites for hydroxylation is 2. The molecule has 0 spiro atoms. The molecule has 1 aliphatic carbocycles. The number of thiophene rings is 1. The third-order valence-corrected chi connectivity index (χ3v) is 6.74. The largest absolute Gasteiger partial charge is 0.462 e. The number of benzene rings is 2. The molecule has 0 amide bonds. The average molecular weight is 444 g/mol. The maximum Gasteiger partial charge on any atom is 0.338 e. The summed E-state index contributed by atoms with van der Waals surface area (Å²) >= 11 is 1.63. The zero-order valence-electron chi connectivity index (χ0n) is 18.1. The van der Waals surface area contributed by atoms with Gasteiger partial charge in [-0.2, -0.15) is 0 Å². The molecule has 0 saturated carbocycles. The first-order valence-electron chi connectivity index (χ1n) is 11.1. The summed E-state index contributed by atoms with van der Waals surface area (Å²) < 4.78 is 5.21. The number of carbonyl (C=O) groups excluding carboxylic acids is 1. The van der Waals surface area contributed by atoms with Gasteiger partial charge in [0.2, 0.25) is 0 Å². The predicted octanol–water partition coefficient (Wildman–Crippen LogP) is 6.55. The highest BCUT2D eigenvalue weighted by Gasteiger charge is 2.16. The fourth-order valence-electron chi connectivity index (χ4n) is 4.19. The van der Waals surface area contributed by atoms with Gasteiger partial charge in [0.15, 0.2) is 0 Å². The first-order valence-corrected chi connectivity index (χ1v) is 12.0. The number of aromatic nitrogens is 2. The Morgan fingerprint density at radius 2 is 1.88 bits per heavy atom. The molecular formula is C26H25N3O2S. The molecule has 0 radical (unpaired) electrons. The van der Waals surface area contributed by atoms with Gasteiger partial charge < -0.3 is 10.1 Å². The minimum Gasteiger partial charge on any atom is -0.462 e. The zero-order chi connectivity index (χ0) is 21.9. The van der Waals surface area contributed by atoms with E-state index in [0.29, 0.717) is 12.2 Å². The Kier molecular flexibility index (Phi) is 5.86. The molecule has 6 heteroatoms. The fourth-order valence-corrected chi connectivity index (χ4v) is 5.10. The van der Waals surface area contributed by atoms with Crippen molar-refractivity contribution in [1.82, 2.24) is 9.97 Å². The molecule has 0 aliphatic heterocycles. The molecule has 5 rings (SSSR count). The van der Waals surface area contributed by atoms with Gasteiger partial charge in [-0.05, 0) is 73.1 Å². The van der Waals surface area contributed by atoms with Crippen molar-refractivity contribution in [3.63, 3.8) is 0 Å². The fraction of sp³-hybridized carbons (Fsp3) is 0.269. The number of hydrogen-bond acceptors (Lipinski definition) is 6. The number of hydrogen-bond donors (Lipinski definition) is 1. The van der Waals surface area contributed by atoms with E-state index in [1.165, 1.54) is 36.0 Å². The number of ether oxygens (including phenoxy) is 1. The van der Waals surface area contributed by atoms with E-state index in [-0.39, 0.29) is 5.97 Å². The summed E-state index contributed by atoms with van der Waals surface area (Å²) in [4.78, 5) is 22.0. The summed E-state index contributed by atoms with van der Waals surface area (Å²) in [5.74, 6) is 0.473. The van der Waals surface area contributed by atoms with Crippen LogP contribution < -0.4 is 5.32 Å². The monoisotopic (exact) mass is 443 g/mol. The zero-order valence-corrected chi connectivity index (χ0v) is 18.9. The molecule has 4 aromatic rings. The lowest BCUT2D eigenvalue weighted by atomic mass is 9.89. The van der Waals surface area contributed by atoms with E-state index in [4.69, 9.17) is 4.74 Å². The van der Waals surface area contributed by atoms with Crippen molar-refractivity contribution in [3.8, 4) is 11.1 Å². The van der Waals surface area contributed by atoms with Gasteiger partial charge >= 0.3 is 5.97 Å². The lowest BCUT2D eigenvalue weighted by Gasteiger charge is -2.16. The van der Waals surface area contributed by atoms with Crippen molar-refractivity contribution in [3.05, 3.63) is 70.9 Å². The summed E-state index contributed by atoms with van der Waals surface area (Å²) in [7, 11) is 0. The van der Waals surface area contributed by atoms with Crippen LogP contribution in [0.5, 0.6) is 0 Å².